The molecule has 0 aliphatic carbocycles. The lowest BCUT2D eigenvalue weighted by Crippen LogP contribution is -2.29. The van der Waals surface area contributed by atoms with E-state index in [-0.39, 0.29) is 33.6 Å². The first-order chi connectivity index (χ1) is 19.0. The number of nitro groups is 1. The SMILES string of the molecule is CCOC(=O)c1sc(N2C(=O)C(=O)C(=C(O)c3nc4c(C)cccn4c3C)C2c2ccc([N+](=O)[O-])cc2)nc1C. The number of non-ortho nitro benzene ring substituents is 1. The quantitative estimate of drug-likeness (QED) is 0.0898. The van der Waals surface area contributed by atoms with E-state index in [0.717, 1.165) is 21.8 Å². The summed E-state index contributed by atoms with van der Waals surface area (Å²) >= 11 is 0.871. The number of ether oxygens (including phenoxy) is 1. The molecule has 1 atom stereocenters. The molecule has 1 amide bonds. The molecule has 1 aliphatic heterocycles. The average molecular weight is 562 g/mol. The van der Waals surface area contributed by atoms with E-state index in [1.54, 1.807) is 31.4 Å². The van der Waals surface area contributed by atoms with Crippen molar-refractivity contribution in [2.24, 2.45) is 0 Å². The number of imidazole rings is 1. The number of rotatable bonds is 6. The van der Waals surface area contributed by atoms with Crippen molar-refractivity contribution < 1.29 is 29.2 Å². The van der Waals surface area contributed by atoms with E-state index >= 15 is 0 Å². The summed E-state index contributed by atoms with van der Waals surface area (Å²) in [6, 6.07) is 7.77. The van der Waals surface area contributed by atoms with Crippen LogP contribution in [0.15, 0.2) is 48.2 Å². The molecule has 0 saturated carbocycles. The third kappa shape index (κ3) is 4.20. The molecule has 1 N–H and O–H groups in total. The molecule has 40 heavy (non-hydrogen) atoms. The van der Waals surface area contributed by atoms with Gasteiger partial charge in [-0.05, 0) is 57.0 Å². The number of ketones is 1. The van der Waals surface area contributed by atoms with Crippen molar-refractivity contribution in [3.63, 3.8) is 0 Å². The predicted molar refractivity (Wildman–Crippen MR) is 145 cm³/mol. The van der Waals surface area contributed by atoms with Gasteiger partial charge in [-0.2, -0.15) is 0 Å². The van der Waals surface area contributed by atoms with Gasteiger partial charge in [-0.1, -0.05) is 17.4 Å². The van der Waals surface area contributed by atoms with Crippen molar-refractivity contribution in [1.82, 2.24) is 14.4 Å². The van der Waals surface area contributed by atoms with Gasteiger partial charge in [-0.3, -0.25) is 24.6 Å². The van der Waals surface area contributed by atoms with Crippen LogP contribution in [0.5, 0.6) is 0 Å². The molecule has 1 aromatic carbocycles. The van der Waals surface area contributed by atoms with Gasteiger partial charge in [0.05, 0.1) is 34.5 Å². The van der Waals surface area contributed by atoms with Gasteiger partial charge in [0, 0.05) is 18.3 Å². The minimum atomic E-state index is -1.20. The van der Waals surface area contributed by atoms with Gasteiger partial charge < -0.3 is 14.2 Å². The third-order valence-corrected chi connectivity index (χ3v) is 7.76. The Balaban J connectivity index is 1.73. The molecule has 3 aromatic heterocycles. The van der Waals surface area contributed by atoms with Crippen LogP contribution in [0.3, 0.4) is 0 Å². The lowest BCUT2D eigenvalue weighted by molar-refractivity contribution is -0.384. The van der Waals surface area contributed by atoms with Crippen LogP contribution in [-0.2, 0) is 14.3 Å². The summed E-state index contributed by atoms with van der Waals surface area (Å²) in [6.45, 7) is 6.95. The van der Waals surface area contributed by atoms with Crippen LogP contribution in [0.1, 0.15) is 50.8 Å². The maximum absolute atomic E-state index is 13.5. The van der Waals surface area contributed by atoms with Crippen molar-refractivity contribution >= 4 is 51.2 Å². The number of nitrogens with zero attached hydrogens (tertiary/aromatic N) is 5. The molecule has 0 radical (unpaired) electrons. The number of amides is 1. The second kappa shape index (κ2) is 10.0. The van der Waals surface area contributed by atoms with Gasteiger partial charge in [0.2, 0.25) is 0 Å². The van der Waals surface area contributed by atoms with E-state index in [2.05, 4.69) is 9.97 Å². The fourth-order valence-corrected chi connectivity index (χ4v) is 5.66. The predicted octanol–water partition coefficient (Wildman–Crippen LogP) is 4.43. The van der Waals surface area contributed by atoms with Crippen molar-refractivity contribution in [2.75, 3.05) is 11.5 Å². The fourth-order valence-electron chi connectivity index (χ4n) is 4.67. The van der Waals surface area contributed by atoms with E-state index in [4.69, 9.17) is 4.74 Å². The molecule has 1 unspecified atom stereocenters. The van der Waals surface area contributed by atoms with Crippen LogP contribution in [0, 0.1) is 30.9 Å². The lowest BCUT2D eigenvalue weighted by Gasteiger charge is -2.22. The summed E-state index contributed by atoms with van der Waals surface area (Å²) in [6.07, 6.45) is 1.77. The Bertz CT molecular complexity index is 1750. The van der Waals surface area contributed by atoms with Gasteiger partial charge in [0.15, 0.2) is 10.9 Å². The van der Waals surface area contributed by atoms with Gasteiger partial charge in [0.1, 0.15) is 16.2 Å². The van der Waals surface area contributed by atoms with Crippen LogP contribution >= 0.6 is 11.3 Å². The fraction of sp³-hybridized carbons (Fsp3) is 0.222. The molecule has 0 bridgehead atoms. The number of carbonyl (C=O) groups is 3. The number of esters is 1. The number of hydrogen-bond acceptors (Lipinski definition) is 10. The Kier molecular flexibility index (Phi) is 6.67. The number of aromatic nitrogens is 3. The van der Waals surface area contributed by atoms with Crippen LogP contribution < -0.4 is 4.90 Å². The summed E-state index contributed by atoms with van der Waals surface area (Å²) in [7, 11) is 0. The number of nitro benzene ring substituents is 1. The third-order valence-electron chi connectivity index (χ3n) is 6.62. The molecular weight excluding hydrogens is 538 g/mol. The maximum atomic E-state index is 13.5. The number of fused-ring (bicyclic) bond motifs is 1. The Morgan fingerprint density at radius 2 is 1.85 bits per heavy atom. The number of benzene rings is 1. The minimum Gasteiger partial charge on any atom is -0.505 e. The van der Waals surface area contributed by atoms with E-state index in [1.807, 2.05) is 19.1 Å². The number of pyridine rings is 1. The van der Waals surface area contributed by atoms with Crippen molar-refractivity contribution in [3.8, 4) is 0 Å². The Morgan fingerprint density at radius 3 is 2.48 bits per heavy atom. The smallest absolute Gasteiger partial charge is 0.350 e. The molecule has 5 rings (SSSR count). The largest absolute Gasteiger partial charge is 0.505 e. The molecular formula is C27H23N5O7S. The topological polar surface area (TPSA) is 157 Å². The van der Waals surface area contributed by atoms with Gasteiger partial charge >= 0.3 is 11.9 Å². The van der Waals surface area contributed by atoms with Crippen LogP contribution in [0.2, 0.25) is 0 Å². The number of anilines is 1. The number of hydrogen-bond donors (Lipinski definition) is 1. The summed E-state index contributed by atoms with van der Waals surface area (Å²) < 4.78 is 6.85. The molecule has 0 spiro atoms. The van der Waals surface area contributed by atoms with E-state index in [9.17, 15) is 29.6 Å². The Labute approximate surface area is 231 Å². The molecule has 13 heteroatoms. The first kappa shape index (κ1) is 26.7. The second-order valence-electron chi connectivity index (χ2n) is 9.08. The molecule has 1 aliphatic rings. The average Bonchev–Trinajstić information content (AvgIpc) is 3.56. The van der Waals surface area contributed by atoms with Crippen molar-refractivity contribution in [3.05, 3.63) is 91.4 Å². The van der Waals surface area contributed by atoms with Gasteiger partial charge in [0.25, 0.3) is 11.5 Å². The number of Topliss-reactive ketones (excluding diaryl/α,β-unsaturated/α-hetero) is 1. The zero-order valence-corrected chi connectivity index (χ0v) is 22.7. The maximum Gasteiger partial charge on any atom is 0.350 e. The normalized spacial score (nSPS) is 16.6. The number of carbonyl (C=O) groups excluding carboxylic acids is 3. The summed E-state index contributed by atoms with van der Waals surface area (Å²) in [5, 5.41) is 22.8. The lowest BCUT2D eigenvalue weighted by atomic mass is 9.96. The zero-order valence-electron chi connectivity index (χ0n) is 21.9. The first-order valence-corrected chi connectivity index (χ1v) is 13.0. The van der Waals surface area contributed by atoms with E-state index < -0.39 is 34.4 Å². The van der Waals surface area contributed by atoms with Crippen molar-refractivity contribution in [1.29, 1.82) is 0 Å². The molecule has 4 heterocycles. The molecule has 12 nitrogen and oxygen atoms in total. The summed E-state index contributed by atoms with van der Waals surface area (Å²) in [4.78, 5) is 60.3. The van der Waals surface area contributed by atoms with E-state index in [0.29, 0.717) is 22.6 Å². The second-order valence-corrected chi connectivity index (χ2v) is 10.1. The summed E-state index contributed by atoms with van der Waals surface area (Å²) in [5.74, 6) is -3.09. The van der Waals surface area contributed by atoms with Crippen LogP contribution in [0.25, 0.3) is 11.4 Å². The number of aliphatic hydroxyl groups is 1. The monoisotopic (exact) mass is 561 g/mol. The molecule has 4 aromatic rings. The molecule has 204 valence electrons. The Morgan fingerprint density at radius 1 is 1.15 bits per heavy atom. The van der Waals surface area contributed by atoms with Crippen molar-refractivity contribution in [2.45, 2.75) is 33.7 Å². The highest BCUT2D eigenvalue weighted by Crippen LogP contribution is 2.44. The highest BCUT2D eigenvalue weighted by Gasteiger charge is 2.49. The van der Waals surface area contributed by atoms with Gasteiger partial charge in [-0.15, -0.1) is 0 Å². The van der Waals surface area contributed by atoms with Crippen LogP contribution in [0.4, 0.5) is 10.8 Å². The first-order valence-electron chi connectivity index (χ1n) is 12.2. The Hall–Kier alpha value is -4.91. The summed E-state index contributed by atoms with van der Waals surface area (Å²) in [5.41, 5.74) is 2.22. The van der Waals surface area contributed by atoms with Crippen LogP contribution in [-0.4, -0.2) is 48.7 Å². The molecule has 1 saturated heterocycles. The number of aliphatic hydroxyl groups excluding tert-OH is 1. The number of aryl methyl sites for hydroxylation is 3. The van der Waals surface area contributed by atoms with E-state index in [1.165, 1.54) is 24.3 Å². The minimum absolute atomic E-state index is 0.0348. The highest BCUT2D eigenvalue weighted by molar-refractivity contribution is 7.17. The molecule has 1 fully saturated rings. The van der Waals surface area contributed by atoms with Gasteiger partial charge in [-0.25, -0.2) is 14.8 Å². The number of thiazole rings is 1. The highest BCUT2D eigenvalue weighted by atomic mass is 32.1. The zero-order chi connectivity index (χ0) is 28.9. The standard InChI is InChI=1S/C27H23N5O7S/c1-5-39-26(36)23-14(3)28-27(40-23)31-20(16-8-10-17(11-9-16)32(37)38)18(22(34)25(31)35)21(33)19-15(4)30-12-6-7-13(2)24(30)29-19/h6-12,20,33H,5H2,1-4H3.